The number of nitrogens with zero attached hydrogens (tertiary/aromatic N) is 2. The average Bonchev–Trinajstić information content (AvgIpc) is 1.88. The lowest BCUT2D eigenvalue weighted by atomic mass is 10.2. The van der Waals surface area contributed by atoms with Crippen molar-refractivity contribution < 1.29 is 0 Å². The molecule has 1 heterocycles. The highest BCUT2D eigenvalue weighted by atomic mass is 15.6. The minimum Gasteiger partial charge on any atom is -0.303 e. The molecule has 0 radical (unpaired) electrons. The molecule has 1 saturated heterocycles. The summed E-state index contributed by atoms with van der Waals surface area (Å²) in [5.74, 6) is 5.30. The van der Waals surface area contributed by atoms with E-state index in [2.05, 4.69) is 29.4 Å². The van der Waals surface area contributed by atoms with Gasteiger partial charge in [0.25, 0.3) is 0 Å². The van der Waals surface area contributed by atoms with Crippen molar-refractivity contribution in [1.29, 1.82) is 0 Å². The average molecular weight is 144 g/mol. The molecule has 4 heteroatoms. The van der Waals surface area contributed by atoms with Gasteiger partial charge in [0.1, 0.15) is 0 Å². The number of hydrogen-bond acceptors (Lipinski definition) is 4. The van der Waals surface area contributed by atoms with Crippen LogP contribution in [0, 0.1) is 0 Å². The summed E-state index contributed by atoms with van der Waals surface area (Å²) >= 11 is 0. The molecular weight excluding hydrogens is 128 g/mol. The van der Waals surface area contributed by atoms with Crippen LogP contribution in [0.1, 0.15) is 6.92 Å². The fourth-order valence-electron chi connectivity index (χ4n) is 1.33. The first-order chi connectivity index (χ1) is 4.74. The maximum Gasteiger partial charge on any atom is 0.0356 e. The van der Waals surface area contributed by atoms with E-state index in [9.17, 15) is 0 Å². The minimum absolute atomic E-state index is 0.517. The second-order valence-corrected chi connectivity index (χ2v) is 2.93. The molecule has 0 saturated carbocycles. The molecule has 0 aromatic rings. The van der Waals surface area contributed by atoms with Crippen LogP contribution in [0.25, 0.3) is 0 Å². The Balaban J connectivity index is 2.36. The Morgan fingerprint density at radius 1 is 1.50 bits per heavy atom. The van der Waals surface area contributed by atoms with Crippen molar-refractivity contribution in [2.75, 3.05) is 26.7 Å². The van der Waals surface area contributed by atoms with Gasteiger partial charge in [-0.2, -0.15) is 5.53 Å². The van der Waals surface area contributed by atoms with Gasteiger partial charge in [0.05, 0.1) is 0 Å². The van der Waals surface area contributed by atoms with E-state index in [0.29, 0.717) is 6.04 Å². The van der Waals surface area contributed by atoms with Crippen molar-refractivity contribution in [3.63, 3.8) is 0 Å². The summed E-state index contributed by atoms with van der Waals surface area (Å²) in [4.78, 5) is 2.30. The SMILES string of the molecule is C[C@@H]1CN(C)CCN1NN. The van der Waals surface area contributed by atoms with Crippen LogP contribution in [0.15, 0.2) is 0 Å². The molecule has 1 aliphatic heterocycles. The summed E-state index contributed by atoms with van der Waals surface area (Å²) in [5, 5.41) is 2.06. The molecular formula is C6H16N4. The molecule has 0 aromatic heterocycles. The fraction of sp³-hybridized carbons (Fsp3) is 1.00. The standard InChI is InChI=1S/C6H16N4/c1-6-5-9(2)3-4-10(6)8-7/h6,8H,3-5,7H2,1-2H3/t6-/m1/s1. The highest BCUT2D eigenvalue weighted by Gasteiger charge is 2.19. The van der Waals surface area contributed by atoms with Crippen LogP contribution in [0.2, 0.25) is 0 Å². The number of likely N-dealkylation sites (N-methyl/N-ethyl adjacent to an activating group) is 1. The second-order valence-electron chi connectivity index (χ2n) is 2.93. The van der Waals surface area contributed by atoms with E-state index in [0.717, 1.165) is 19.6 Å². The van der Waals surface area contributed by atoms with Gasteiger partial charge in [-0.1, -0.05) is 0 Å². The molecule has 1 aliphatic rings. The molecule has 10 heavy (non-hydrogen) atoms. The first kappa shape index (κ1) is 7.94. The molecule has 0 unspecified atom stereocenters. The van der Waals surface area contributed by atoms with Crippen LogP contribution >= 0.6 is 0 Å². The molecule has 4 nitrogen and oxygen atoms in total. The zero-order valence-electron chi connectivity index (χ0n) is 6.67. The Bertz CT molecular complexity index is 106. The first-order valence-electron chi connectivity index (χ1n) is 3.65. The Labute approximate surface area is 61.9 Å². The maximum absolute atomic E-state index is 5.30. The lowest BCUT2D eigenvalue weighted by molar-refractivity contribution is 0.0543. The molecule has 0 amide bonds. The number of hydrogen-bond donors (Lipinski definition) is 2. The second kappa shape index (κ2) is 3.30. The third kappa shape index (κ3) is 1.67. The number of piperazine rings is 1. The summed E-state index contributed by atoms with van der Waals surface area (Å²) in [6.07, 6.45) is 0. The van der Waals surface area contributed by atoms with Crippen LogP contribution in [-0.2, 0) is 0 Å². The van der Waals surface area contributed by atoms with Gasteiger partial charge in [-0.25, -0.2) is 5.01 Å². The summed E-state index contributed by atoms with van der Waals surface area (Å²) in [5.41, 5.74) is 2.68. The van der Waals surface area contributed by atoms with E-state index < -0.39 is 0 Å². The van der Waals surface area contributed by atoms with Crippen LogP contribution in [0.5, 0.6) is 0 Å². The quantitative estimate of drug-likeness (QED) is 0.366. The largest absolute Gasteiger partial charge is 0.303 e. The van der Waals surface area contributed by atoms with Crippen LogP contribution < -0.4 is 11.4 Å². The number of hydrazine groups is 2. The molecule has 1 atom stereocenters. The van der Waals surface area contributed by atoms with Crippen LogP contribution in [0.3, 0.4) is 0 Å². The van der Waals surface area contributed by atoms with Gasteiger partial charge in [0.2, 0.25) is 0 Å². The third-order valence-corrected chi connectivity index (χ3v) is 2.00. The predicted octanol–water partition coefficient (Wildman–Crippen LogP) is -0.999. The smallest absolute Gasteiger partial charge is 0.0356 e. The van der Waals surface area contributed by atoms with Crippen molar-refractivity contribution in [3.05, 3.63) is 0 Å². The molecule has 0 spiro atoms. The monoisotopic (exact) mass is 144 g/mol. The van der Waals surface area contributed by atoms with E-state index in [1.807, 2.05) is 0 Å². The van der Waals surface area contributed by atoms with Gasteiger partial charge in [-0.3, -0.25) is 5.84 Å². The van der Waals surface area contributed by atoms with Gasteiger partial charge in [0.15, 0.2) is 0 Å². The summed E-state index contributed by atoms with van der Waals surface area (Å²) in [6, 6.07) is 0.517. The van der Waals surface area contributed by atoms with E-state index in [1.165, 1.54) is 0 Å². The van der Waals surface area contributed by atoms with Crippen molar-refractivity contribution in [2.24, 2.45) is 5.84 Å². The zero-order chi connectivity index (χ0) is 7.56. The number of nitrogens with one attached hydrogen (secondary N) is 1. The molecule has 0 bridgehead atoms. The van der Waals surface area contributed by atoms with Gasteiger partial charge >= 0.3 is 0 Å². The Morgan fingerprint density at radius 2 is 2.20 bits per heavy atom. The van der Waals surface area contributed by atoms with Gasteiger partial charge in [0, 0.05) is 25.7 Å². The molecule has 3 N–H and O–H groups in total. The van der Waals surface area contributed by atoms with E-state index in [1.54, 1.807) is 0 Å². The lowest BCUT2D eigenvalue weighted by Crippen LogP contribution is -2.57. The van der Waals surface area contributed by atoms with Gasteiger partial charge < -0.3 is 4.90 Å². The Morgan fingerprint density at radius 3 is 2.70 bits per heavy atom. The Hall–Kier alpha value is -0.160. The lowest BCUT2D eigenvalue weighted by Gasteiger charge is -2.36. The summed E-state index contributed by atoms with van der Waals surface area (Å²) < 4.78 is 0. The summed E-state index contributed by atoms with van der Waals surface area (Å²) in [7, 11) is 2.13. The van der Waals surface area contributed by atoms with Gasteiger partial charge in [-0.15, -0.1) is 0 Å². The van der Waals surface area contributed by atoms with Gasteiger partial charge in [-0.05, 0) is 14.0 Å². The topological polar surface area (TPSA) is 44.5 Å². The van der Waals surface area contributed by atoms with Crippen molar-refractivity contribution in [1.82, 2.24) is 15.4 Å². The maximum atomic E-state index is 5.30. The van der Waals surface area contributed by atoms with E-state index >= 15 is 0 Å². The van der Waals surface area contributed by atoms with Crippen molar-refractivity contribution in [2.45, 2.75) is 13.0 Å². The first-order valence-corrected chi connectivity index (χ1v) is 3.65. The minimum atomic E-state index is 0.517. The Kier molecular flexibility index (Phi) is 2.62. The molecule has 60 valence electrons. The molecule has 1 rings (SSSR count). The van der Waals surface area contributed by atoms with Crippen LogP contribution in [-0.4, -0.2) is 42.6 Å². The van der Waals surface area contributed by atoms with Crippen molar-refractivity contribution in [3.8, 4) is 0 Å². The van der Waals surface area contributed by atoms with E-state index in [-0.39, 0.29) is 0 Å². The van der Waals surface area contributed by atoms with E-state index in [4.69, 9.17) is 5.84 Å². The molecule has 1 fully saturated rings. The fourth-order valence-corrected chi connectivity index (χ4v) is 1.33. The zero-order valence-corrected chi connectivity index (χ0v) is 6.67. The third-order valence-electron chi connectivity index (χ3n) is 2.00. The number of nitrogens with two attached hydrogens (primary N) is 1. The highest BCUT2D eigenvalue weighted by molar-refractivity contribution is 4.73. The molecule has 0 aromatic carbocycles. The highest BCUT2D eigenvalue weighted by Crippen LogP contribution is 2.02. The number of rotatable bonds is 1. The predicted molar refractivity (Wildman–Crippen MR) is 41.0 cm³/mol. The molecule has 0 aliphatic carbocycles. The van der Waals surface area contributed by atoms with Crippen molar-refractivity contribution >= 4 is 0 Å². The normalized spacial score (nSPS) is 30.9. The summed E-state index contributed by atoms with van der Waals surface area (Å²) in [6.45, 7) is 5.35. The van der Waals surface area contributed by atoms with Crippen LogP contribution in [0.4, 0.5) is 0 Å².